The number of nitrogens with zero attached hydrogens (tertiary/aromatic N) is 2. The highest BCUT2D eigenvalue weighted by Crippen LogP contribution is 2.16. The Bertz CT molecular complexity index is 422. The highest BCUT2D eigenvalue weighted by atomic mass is 32.1. The summed E-state index contributed by atoms with van der Waals surface area (Å²) in [6.45, 7) is 1.43. The van der Waals surface area contributed by atoms with Gasteiger partial charge in [-0.1, -0.05) is 12.1 Å². The van der Waals surface area contributed by atoms with Gasteiger partial charge in [-0.2, -0.15) is 0 Å². The van der Waals surface area contributed by atoms with Gasteiger partial charge in [0, 0.05) is 24.7 Å². The van der Waals surface area contributed by atoms with Crippen molar-refractivity contribution in [3.05, 3.63) is 46.4 Å². The van der Waals surface area contributed by atoms with E-state index in [1.807, 2.05) is 5.51 Å². The van der Waals surface area contributed by atoms with Gasteiger partial charge in [0.2, 0.25) is 0 Å². The summed E-state index contributed by atoms with van der Waals surface area (Å²) < 4.78 is 0. The lowest BCUT2D eigenvalue weighted by Crippen LogP contribution is -2.16. The number of hydrogen-bond donors (Lipinski definition) is 1. The van der Waals surface area contributed by atoms with E-state index in [1.54, 1.807) is 11.3 Å². The molecule has 0 aliphatic heterocycles. The van der Waals surface area contributed by atoms with Gasteiger partial charge < -0.3 is 10.6 Å². The number of rotatable bonds is 4. The first-order chi connectivity index (χ1) is 7.79. The molecule has 2 N–H and O–H groups in total. The van der Waals surface area contributed by atoms with E-state index in [0.717, 1.165) is 17.8 Å². The van der Waals surface area contributed by atoms with Crippen molar-refractivity contribution < 1.29 is 0 Å². The average molecular weight is 233 g/mol. The van der Waals surface area contributed by atoms with E-state index in [2.05, 4.69) is 46.6 Å². The first-order valence-corrected chi connectivity index (χ1v) is 6.11. The number of thiazole rings is 1. The van der Waals surface area contributed by atoms with Crippen molar-refractivity contribution in [1.82, 2.24) is 4.98 Å². The number of nitrogens with two attached hydrogens (primary N) is 1. The van der Waals surface area contributed by atoms with Gasteiger partial charge in [-0.05, 0) is 17.7 Å². The van der Waals surface area contributed by atoms with Crippen LogP contribution in [0.1, 0.15) is 11.3 Å². The molecule has 0 amide bonds. The van der Waals surface area contributed by atoms with Gasteiger partial charge in [0.1, 0.15) is 0 Å². The zero-order valence-corrected chi connectivity index (χ0v) is 10.1. The van der Waals surface area contributed by atoms with Crippen molar-refractivity contribution in [1.29, 1.82) is 0 Å². The van der Waals surface area contributed by atoms with Crippen molar-refractivity contribution in [2.24, 2.45) is 5.73 Å². The molecule has 0 saturated carbocycles. The molecule has 0 atom stereocenters. The number of hydrogen-bond acceptors (Lipinski definition) is 4. The molecule has 2 rings (SSSR count). The van der Waals surface area contributed by atoms with Crippen molar-refractivity contribution in [2.75, 3.05) is 11.9 Å². The predicted molar refractivity (Wildman–Crippen MR) is 68.6 cm³/mol. The molecule has 1 aromatic heterocycles. The Hall–Kier alpha value is -1.39. The summed E-state index contributed by atoms with van der Waals surface area (Å²) in [5, 5.41) is 2.07. The third kappa shape index (κ3) is 2.59. The van der Waals surface area contributed by atoms with Crippen LogP contribution in [0.2, 0.25) is 0 Å². The van der Waals surface area contributed by atoms with Crippen LogP contribution in [0.25, 0.3) is 0 Å². The van der Waals surface area contributed by atoms with Crippen LogP contribution in [0.4, 0.5) is 5.69 Å². The van der Waals surface area contributed by atoms with Gasteiger partial charge in [-0.3, -0.25) is 0 Å². The maximum absolute atomic E-state index is 5.56. The van der Waals surface area contributed by atoms with Crippen molar-refractivity contribution in [2.45, 2.75) is 13.1 Å². The number of anilines is 1. The molecule has 2 aromatic rings. The molecule has 0 radical (unpaired) electrons. The maximum Gasteiger partial charge on any atom is 0.0795 e. The van der Waals surface area contributed by atoms with E-state index in [-0.39, 0.29) is 0 Å². The van der Waals surface area contributed by atoms with Crippen LogP contribution in [0.15, 0.2) is 35.2 Å². The Labute approximate surface area is 99.5 Å². The lowest BCUT2D eigenvalue weighted by Gasteiger charge is -2.18. The Kier molecular flexibility index (Phi) is 3.54. The van der Waals surface area contributed by atoms with Gasteiger partial charge >= 0.3 is 0 Å². The molecule has 4 heteroatoms. The summed E-state index contributed by atoms with van der Waals surface area (Å²) in [7, 11) is 2.07. The van der Waals surface area contributed by atoms with Gasteiger partial charge in [-0.15, -0.1) is 11.3 Å². The van der Waals surface area contributed by atoms with Gasteiger partial charge in [-0.25, -0.2) is 4.98 Å². The molecule has 0 saturated heterocycles. The van der Waals surface area contributed by atoms with E-state index < -0.39 is 0 Å². The molecule has 1 aromatic carbocycles. The minimum absolute atomic E-state index is 0.593. The topological polar surface area (TPSA) is 42.2 Å². The fraction of sp³-hybridized carbons (Fsp3) is 0.250. The standard InChI is InChI=1S/C12H15N3S/c1-15(7-11-8-16-9-14-11)12-4-2-10(6-13)3-5-12/h2-5,8-9H,6-7,13H2,1H3. The van der Waals surface area contributed by atoms with Crippen LogP contribution in [0.3, 0.4) is 0 Å². The quantitative estimate of drug-likeness (QED) is 0.880. The van der Waals surface area contributed by atoms with Crippen LogP contribution in [-0.4, -0.2) is 12.0 Å². The smallest absolute Gasteiger partial charge is 0.0795 e. The largest absolute Gasteiger partial charge is 0.369 e. The van der Waals surface area contributed by atoms with Crippen LogP contribution >= 0.6 is 11.3 Å². The SMILES string of the molecule is CN(Cc1cscn1)c1ccc(CN)cc1. The molecule has 16 heavy (non-hydrogen) atoms. The zero-order chi connectivity index (χ0) is 11.4. The molecule has 1 heterocycles. The van der Waals surface area contributed by atoms with E-state index in [9.17, 15) is 0 Å². The minimum atomic E-state index is 0.593. The fourth-order valence-electron chi connectivity index (χ4n) is 1.54. The molecular formula is C12H15N3S. The fourth-order valence-corrected chi connectivity index (χ4v) is 2.09. The Morgan fingerprint density at radius 1 is 1.31 bits per heavy atom. The summed E-state index contributed by atoms with van der Waals surface area (Å²) >= 11 is 1.63. The summed E-state index contributed by atoms with van der Waals surface area (Å²) in [6.07, 6.45) is 0. The lowest BCUT2D eigenvalue weighted by atomic mass is 10.2. The van der Waals surface area contributed by atoms with Crippen molar-refractivity contribution in [3.8, 4) is 0 Å². The van der Waals surface area contributed by atoms with Crippen LogP contribution in [0.5, 0.6) is 0 Å². The molecule has 0 aliphatic rings. The second-order valence-corrected chi connectivity index (χ2v) is 4.43. The molecule has 0 unspecified atom stereocenters. The normalized spacial score (nSPS) is 10.4. The summed E-state index contributed by atoms with van der Waals surface area (Å²) in [5.41, 5.74) is 10.9. The molecule has 0 fully saturated rings. The van der Waals surface area contributed by atoms with Gasteiger partial charge in [0.25, 0.3) is 0 Å². The van der Waals surface area contributed by atoms with E-state index in [1.165, 1.54) is 5.69 Å². The van der Waals surface area contributed by atoms with E-state index in [0.29, 0.717) is 6.54 Å². The summed E-state index contributed by atoms with van der Waals surface area (Å²) in [4.78, 5) is 6.45. The average Bonchev–Trinajstić information content (AvgIpc) is 2.82. The van der Waals surface area contributed by atoms with Crippen LogP contribution < -0.4 is 10.6 Å². The van der Waals surface area contributed by atoms with Crippen LogP contribution in [0, 0.1) is 0 Å². The first kappa shape index (κ1) is 11.1. The molecule has 0 aliphatic carbocycles. The third-order valence-electron chi connectivity index (χ3n) is 2.50. The predicted octanol–water partition coefficient (Wildman–Crippen LogP) is 2.24. The molecule has 0 bridgehead atoms. The monoisotopic (exact) mass is 233 g/mol. The zero-order valence-electron chi connectivity index (χ0n) is 9.26. The van der Waals surface area contributed by atoms with Crippen LogP contribution in [-0.2, 0) is 13.1 Å². The second kappa shape index (κ2) is 5.09. The summed E-state index contributed by atoms with van der Waals surface area (Å²) in [6, 6.07) is 8.31. The van der Waals surface area contributed by atoms with Gasteiger partial charge in [0.15, 0.2) is 0 Å². The Balaban J connectivity index is 2.05. The number of aromatic nitrogens is 1. The molecule has 84 valence electrons. The third-order valence-corrected chi connectivity index (χ3v) is 3.13. The minimum Gasteiger partial charge on any atom is -0.369 e. The van der Waals surface area contributed by atoms with Gasteiger partial charge in [0.05, 0.1) is 17.7 Å². The van der Waals surface area contributed by atoms with E-state index in [4.69, 9.17) is 5.73 Å². The van der Waals surface area contributed by atoms with Crippen molar-refractivity contribution in [3.63, 3.8) is 0 Å². The first-order valence-electron chi connectivity index (χ1n) is 5.17. The maximum atomic E-state index is 5.56. The van der Waals surface area contributed by atoms with Crippen molar-refractivity contribution >= 4 is 17.0 Å². The number of benzene rings is 1. The molecule has 3 nitrogen and oxygen atoms in total. The lowest BCUT2D eigenvalue weighted by molar-refractivity contribution is 0.894. The van der Waals surface area contributed by atoms with E-state index >= 15 is 0 Å². The highest BCUT2D eigenvalue weighted by Gasteiger charge is 2.03. The second-order valence-electron chi connectivity index (χ2n) is 3.71. The summed E-state index contributed by atoms with van der Waals surface area (Å²) in [5.74, 6) is 0. The highest BCUT2D eigenvalue weighted by molar-refractivity contribution is 7.07. The Morgan fingerprint density at radius 2 is 2.06 bits per heavy atom. The molecular weight excluding hydrogens is 218 g/mol. The Morgan fingerprint density at radius 3 is 2.62 bits per heavy atom. The molecule has 0 spiro atoms.